The van der Waals surface area contributed by atoms with E-state index in [4.69, 9.17) is 18.9 Å². The van der Waals surface area contributed by atoms with Crippen LogP contribution in [-0.4, -0.2) is 33.5 Å². The number of methoxy groups -OCH3 is 4. The maximum atomic E-state index is 12.5. The molecule has 5 heteroatoms. The Morgan fingerprint density at radius 2 is 0.733 bits per heavy atom. The van der Waals surface area contributed by atoms with Crippen molar-refractivity contribution in [3.63, 3.8) is 0 Å². The highest BCUT2D eigenvalue weighted by atomic mass is 16.5. The van der Waals surface area contributed by atoms with Crippen LogP contribution in [0.4, 0.5) is 0 Å². The van der Waals surface area contributed by atoms with E-state index in [9.17, 15) is 5.11 Å². The van der Waals surface area contributed by atoms with E-state index in [-0.39, 0.29) is 5.41 Å². The second-order valence-corrected chi connectivity index (χ2v) is 22.0. The number of aliphatic hydroxyl groups is 1. The van der Waals surface area contributed by atoms with Crippen molar-refractivity contribution in [1.82, 2.24) is 0 Å². The van der Waals surface area contributed by atoms with Gasteiger partial charge in [-0.3, -0.25) is 0 Å². The second-order valence-electron chi connectivity index (χ2n) is 22.0. The molecule has 0 bridgehead atoms. The molecule has 0 aliphatic heterocycles. The van der Waals surface area contributed by atoms with Gasteiger partial charge in [0.05, 0.1) is 34.0 Å². The van der Waals surface area contributed by atoms with Gasteiger partial charge in [0.2, 0.25) is 0 Å². The molecule has 6 aromatic carbocycles. The van der Waals surface area contributed by atoms with Crippen molar-refractivity contribution < 1.29 is 24.1 Å². The third kappa shape index (κ3) is 16.3. The van der Waals surface area contributed by atoms with Gasteiger partial charge in [-0.1, -0.05) is 212 Å². The van der Waals surface area contributed by atoms with Gasteiger partial charge in [-0.05, 0) is 159 Å². The number of ether oxygens (including phenoxy) is 4. The molecule has 0 heterocycles. The molecule has 7 rings (SSSR count). The summed E-state index contributed by atoms with van der Waals surface area (Å²) in [5.41, 5.74) is 8.33. The fourth-order valence-electron chi connectivity index (χ4n) is 12.1. The summed E-state index contributed by atoms with van der Waals surface area (Å²) in [4.78, 5) is 0. The van der Waals surface area contributed by atoms with Gasteiger partial charge in [0.15, 0.2) is 0 Å². The number of benzene rings is 6. The smallest absolute Gasteiger partial charge is 0.119 e. The molecule has 0 saturated carbocycles. The number of fused-ring (bicyclic) bond motifs is 5. The first kappa shape index (κ1) is 59.2. The van der Waals surface area contributed by atoms with E-state index < -0.39 is 5.60 Å². The van der Waals surface area contributed by atoms with Gasteiger partial charge in [0.25, 0.3) is 0 Å². The van der Waals surface area contributed by atoms with E-state index in [0.717, 1.165) is 76.1 Å². The van der Waals surface area contributed by atoms with Gasteiger partial charge in [0.1, 0.15) is 23.0 Å². The molecule has 75 heavy (non-hydrogen) atoms. The Labute approximate surface area is 455 Å². The number of hydrogen-bond donors (Lipinski definition) is 1. The molecule has 0 fully saturated rings. The molecule has 0 saturated heterocycles. The lowest BCUT2D eigenvalue weighted by Crippen LogP contribution is -2.27. The van der Waals surface area contributed by atoms with Crippen molar-refractivity contribution >= 4 is 21.5 Å². The molecule has 0 spiro atoms. The monoisotopic (exact) mass is 1020 g/mol. The van der Waals surface area contributed by atoms with Crippen LogP contribution in [0.25, 0.3) is 43.8 Å². The molecule has 408 valence electrons. The Morgan fingerprint density at radius 1 is 0.347 bits per heavy atom. The zero-order chi connectivity index (χ0) is 53.3. The minimum Gasteiger partial charge on any atom is -0.497 e. The minimum atomic E-state index is -0.859. The number of hydrogen-bond acceptors (Lipinski definition) is 5. The van der Waals surface area contributed by atoms with Crippen molar-refractivity contribution in [3.05, 3.63) is 120 Å². The largest absolute Gasteiger partial charge is 0.497 e. The lowest BCUT2D eigenvalue weighted by molar-refractivity contribution is 0.0139. The Hall–Kier alpha value is -5.00. The lowest BCUT2D eigenvalue weighted by atomic mass is 9.70. The quantitative estimate of drug-likeness (QED) is 0.0408. The number of rotatable bonds is 34. The van der Waals surface area contributed by atoms with Crippen LogP contribution in [0.15, 0.2) is 103 Å². The van der Waals surface area contributed by atoms with Gasteiger partial charge in [-0.2, -0.15) is 0 Å². The van der Waals surface area contributed by atoms with Crippen LogP contribution in [0.1, 0.15) is 224 Å². The Bertz CT molecular complexity index is 2560. The van der Waals surface area contributed by atoms with Gasteiger partial charge in [0, 0.05) is 5.41 Å². The van der Waals surface area contributed by atoms with E-state index in [1.54, 1.807) is 28.4 Å². The molecule has 1 aliphatic carbocycles. The van der Waals surface area contributed by atoms with Gasteiger partial charge in [-0.25, -0.2) is 0 Å². The van der Waals surface area contributed by atoms with Crippen LogP contribution in [-0.2, 0) is 11.0 Å². The third-order valence-electron chi connectivity index (χ3n) is 16.6. The summed E-state index contributed by atoms with van der Waals surface area (Å²) in [6.07, 6.45) is 34.7. The topological polar surface area (TPSA) is 57.2 Å². The summed E-state index contributed by atoms with van der Waals surface area (Å²) in [7, 11) is 6.97. The first-order valence-electron chi connectivity index (χ1n) is 30.0. The summed E-state index contributed by atoms with van der Waals surface area (Å²) in [5.74, 6) is 3.60. The van der Waals surface area contributed by atoms with Crippen molar-refractivity contribution in [1.29, 1.82) is 0 Å². The molecule has 5 nitrogen and oxygen atoms in total. The summed E-state index contributed by atoms with van der Waals surface area (Å²) in [6.45, 7) is 9.12. The molecule has 1 N–H and O–H groups in total. The van der Waals surface area contributed by atoms with Gasteiger partial charge >= 0.3 is 0 Å². The molecular formula is C70H98O5. The SMILES string of the molecule is CCCCCCCCC(O)(CCCCCCCC)c1cc2cc(OC)ccc2cc1-c1ccc(OC)cc1.CCCCCCCCC1(CCCCCCCC)c2cc(OC)ccc2-c2cc3ccc(OC)cc3cc21. The van der Waals surface area contributed by atoms with E-state index in [1.165, 1.54) is 187 Å². The summed E-state index contributed by atoms with van der Waals surface area (Å²) in [6, 6.07) is 37.2. The summed E-state index contributed by atoms with van der Waals surface area (Å²) >= 11 is 0. The van der Waals surface area contributed by atoms with Crippen LogP contribution in [0.3, 0.4) is 0 Å². The zero-order valence-electron chi connectivity index (χ0n) is 48.2. The van der Waals surface area contributed by atoms with Crippen LogP contribution in [0, 0.1) is 0 Å². The molecule has 6 aromatic rings. The van der Waals surface area contributed by atoms with E-state index in [0.29, 0.717) is 0 Å². The summed E-state index contributed by atoms with van der Waals surface area (Å²) in [5, 5.41) is 17.3. The molecule has 0 unspecified atom stereocenters. The Kier molecular flexibility index (Phi) is 24.7. The Balaban J connectivity index is 0.000000244. The maximum Gasteiger partial charge on any atom is 0.119 e. The van der Waals surface area contributed by atoms with E-state index in [2.05, 4.69) is 113 Å². The predicted molar refractivity (Wildman–Crippen MR) is 322 cm³/mol. The van der Waals surface area contributed by atoms with Crippen molar-refractivity contribution in [2.45, 2.75) is 218 Å². The maximum absolute atomic E-state index is 12.5. The van der Waals surface area contributed by atoms with E-state index >= 15 is 0 Å². The molecule has 0 aromatic heterocycles. The van der Waals surface area contributed by atoms with Crippen LogP contribution >= 0.6 is 0 Å². The van der Waals surface area contributed by atoms with Crippen LogP contribution < -0.4 is 18.9 Å². The van der Waals surface area contributed by atoms with Gasteiger partial charge in [-0.15, -0.1) is 0 Å². The fourth-order valence-corrected chi connectivity index (χ4v) is 12.1. The fraction of sp³-hybridized carbons (Fsp3) is 0.543. The molecule has 1 aliphatic rings. The lowest BCUT2D eigenvalue weighted by Gasteiger charge is -2.33. The normalized spacial score (nSPS) is 12.6. The first-order chi connectivity index (χ1) is 36.7. The molecule has 0 amide bonds. The number of unbranched alkanes of at least 4 members (excludes halogenated alkanes) is 20. The highest BCUT2D eigenvalue weighted by molar-refractivity contribution is 5.95. The predicted octanol–water partition coefficient (Wildman–Crippen LogP) is 20.8. The standard InChI is InChI=1S/C35H50O3.C35H48O2/c1-5-7-9-11-13-15-23-35(36,24-16-14-12-10-8-6-2)34-27-30-25-32(38-4)22-19-29(30)26-33(34)28-17-20-31(37-3)21-18-28;1-5-7-9-11-13-15-21-35(22-16-14-12-10-8-6-2)33-25-28-23-29(36-3)18-17-27(28)24-32(33)31-20-19-30(37-4)26-34(31)35/h17-22,25-27,36H,5-16,23-24H2,1-4H3;17-20,23-26H,5-16,21-22H2,1-4H3. The van der Waals surface area contributed by atoms with Crippen molar-refractivity contribution in [3.8, 4) is 45.3 Å². The molecular weight excluding hydrogens is 921 g/mol. The summed E-state index contributed by atoms with van der Waals surface area (Å²) < 4.78 is 22.3. The first-order valence-corrected chi connectivity index (χ1v) is 30.0. The highest BCUT2D eigenvalue weighted by Gasteiger charge is 2.43. The van der Waals surface area contributed by atoms with Crippen molar-refractivity contribution in [2.75, 3.05) is 28.4 Å². The van der Waals surface area contributed by atoms with Crippen LogP contribution in [0.5, 0.6) is 23.0 Å². The van der Waals surface area contributed by atoms with Crippen LogP contribution in [0.2, 0.25) is 0 Å². The highest BCUT2D eigenvalue weighted by Crippen LogP contribution is 2.56. The van der Waals surface area contributed by atoms with Crippen molar-refractivity contribution in [2.24, 2.45) is 0 Å². The zero-order valence-corrected chi connectivity index (χ0v) is 48.2. The average molecular weight is 1020 g/mol. The Morgan fingerprint density at radius 3 is 1.21 bits per heavy atom. The average Bonchev–Trinajstić information content (AvgIpc) is 3.71. The second kappa shape index (κ2) is 31.3. The van der Waals surface area contributed by atoms with Gasteiger partial charge < -0.3 is 24.1 Å². The molecule has 0 radical (unpaired) electrons. The molecule has 0 atom stereocenters. The van der Waals surface area contributed by atoms with E-state index in [1.807, 2.05) is 18.2 Å². The minimum absolute atomic E-state index is 0.0615. The third-order valence-corrected chi connectivity index (χ3v) is 16.6.